The standard InChI is InChI=1S/C19H22ClN5O2/c1-5-10-23-17(26)15-16(22(4)19(23)27)21-18-24(11(2)12(3)25(15)18)14-8-6-13(20)7-9-14/h6-9,15-16H,5,10H2,1-4H3. The number of rotatable bonds is 3. The Morgan fingerprint density at radius 1 is 1.11 bits per heavy atom. The van der Waals surface area contributed by atoms with Gasteiger partial charge in [0.05, 0.1) is 0 Å². The molecule has 7 nitrogen and oxygen atoms in total. The summed E-state index contributed by atoms with van der Waals surface area (Å²) in [6, 6.07) is 6.69. The van der Waals surface area contributed by atoms with Crippen molar-refractivity contribution in [2.75, 3.05) is 18.5 Å². The summed E-state index contributed by atoms with van der Waals surface area (Å²) in [4.78, 5) is 37.4. The Bertz CT molecular complexity index is 879. The van der Waals surface area contributed by atoms with E-state index in [1.807, 2.05) is 54.8 Å². The molecule has 1 fully saturated rings. The number of likely N-dealkylation sites (N-methyl/N-ethyl adjacent to an activating group) is 1. The lowest BCUT2D eigenvalue weighted by atomic mass is 10.1. The highest BCUT2D eigenvalue weighted by Gasteiger charge is 2.55. The van der Waals surface area contributed by atoms with E-state index in [1.165, 1.54) is 4.90 Å². The third-order valence-electron chi connectivity index (χ3n) is 5.42. The molecule has 4 rings (SSSR count). The number of anilines is 1. The van der Waals surface area contributed by atoms with Crippen molar-refractivity contribution in [2.24, 2.45) is 4.99 Å². The Morgan fingerprint density at radius 3 is 2.41 bits per heavy atom. The number of hydrogen-bond acceptors (Lipinski definition) is 5. The fourth-order valence-electron chi connectivity index (χ4n) is 3.94. The maximum Gasteiger partial charge on any atom is 0.328 e. The smallest absolute Gasteiger partial charge is 0.302 e. The molecule has 0 saturated carbocycles. The molecule has 0 aliphatic carbocycles. The zero-order chi connectivity index (χ0) is 19.5. The van der Waals surface area contributed by atoms with Gasteiger partial charge in [-0.3, -0.25) is 19.5 Å². The van der Waals surface area contributed by atoms with Crippen LogP contribution in [-0.4, -0.2) is 58.4 Å². The first-order chi connectivity index (χ1) is 12.9. The summed E-state index contributed by atoms with van der Waals surface area (Å²) in [5.74, 6) is 0.488. The third-order valence-corrected chi connectivity index (χ3v) is 5.68. The monoisotopic (exact) mass is 387 g/mol. The van der Waals surface area contributed by atoms with E-state index in [2.05, 4.69) is 0 Å². The highest BCUT2D eigenvalue weighted by Crippen LogP contribution is 2.40. The number of aliphatic imine (C=N–C) groups is 1. The van der Waals surface area contributed by atoms with Gasteiger partial charge >= 0.3 is 6.03 Å². The minimum Gasteiger partial charge on any atom is -0.302 e. The average Bonchev–Trinajstić information content (AvgIpc) is 3.14. The van der Waals surface area contributed by atoms with Crippen LogP contribution < -0.4 is 4.90 Å². The number of guanidine groups is 1. The van der Waals surface area contributed by atoms with E-state index in [9.17, 15) is 9.59 Å². The van der Waals surface area contributed by atoms with Crippen molar-refractivity contribution < 1.29 is 9.59 Å². The summed E-state index contributed by atoms with van der Waals surface area (Å²) in [5.41, 5.74) is 2.88. The van der Waals surface area contributed by atoms with E-state index in [0.717, 1.165) is 23.5 Å². The van der Waals surface area contributed by atoms with Crippen LogP contribution in [0, 0.1) is 0 Å². The molecular formula is C19H22ClN5O2. The van der Waals surface area contributed by atoms with E-state index in [0.29, 0.717) is 17.5 Å². The second kappa shape index (κ2) is 6.27. The minimum absolute atomic E-state index is 0.186. The Balaban J connectivity index is 1.77. The summed E-state index contributed by atoms with van der Waals surface area (Å²) in [5, 5.41) is 0.658. The zero-order valence-electron chi connectivity index (χ0n) is 15.8. The summed E-state index contributed by atoms with van der Waals surface area (Å²) >= 11 is 6.03. The van der Waals surface area contributed by atoms with Gasteiger partial charge in [-0.1, -0.05) is 18.5 Å². The highest BCUT2D eigenvalue weighted by atomic mass is 35.5. The van der Waals surface area contributed by atoms with E-state index in [1.54, 1.807) is 11.9 Å². The van der Waals surface area contributed by atoms with Crippen molar-refractivity contribution in [3.05, 3.63) is 40.7 Å². The molecule has 2 atom stereocenters. The number of amides is 3. The molecule has 0 aromatic heterocycles. The first-order valence-electron chi connectivity index (χ1n) is 9.05. The van der Waals surface area contributed by atoms with Gasteiger partial charge in [0.15, 0.2) is 12.2 Å². The molecule has 3 aliphatic heterocycles. The lowest BCUT2D eigenvalue weighted by Gasteiger charge is -2.40. The first-order valence-corrected chi connectivity index (χ1v) is 9.43. The summed E-state index contributed by atoms with van der Waals surface area (Å²) < 4.78 is 0. The average molecular weight is 388 g/mol. The largest absolute Gasteiger partial charge is 0.328 e. The van der Waals surface area contributed by atoms with Crippen LogP contribution >= 0.6 is 11.6 Å². The topological polar surface area (TPSA) is 59.5 Å². The normalized spacial score (nSPS) is 24.7. The molecule has 142 valence electrons. The zero-order valence-corrected chi connectivity index (χ0v) is 16.6. The summed E-state index contributed by atoms with van der Waals surface area (Å²) in [7, 11) is 1.71. The van der Waals surface area contributed by atoms with Crippen molar-refractivity contribution in [3.63, 3.8) is 0 Å². The van der Waals surface area contributed by atoms with Crippen LogP contribution in [-0.2, 0) is 4.79 Å². The van der Waals surface area contributed by atoms with Crippen LogP contribution in [0.15, 0.2) is 40.7 Å². The molecule has 1 aromatic rings. The number of hydrogen-bond donors (Lipinski definition) is 0. The second-order valence-electron chi connectivity index (χ2n) is 7.02. The van der Waals surface area contributed by atoms with Crippen LogP contribution in [0.4, 0.5) is 10.5 Å². The number of nitrogens with zero attached hydrogens (tertiary/aromatic N) is 5. The molecule has 8 heteroatoms. The number of carbonyl (C=O) groups excluding carboxylic acids is 2. The summed E-state index contributed by atoms with van der Waals surface area (Å²) in [6.07, 6.45) is 0.201. The van der Waals surface area contributed by atoms with Gasteiger partial charge < -0.3 is 4.90 Å². The van der Waals surface area contributed by atoms with E-state index >= 15 is 0 Å². The van der Waals surface area contributed by atoms with Crippen molar-refractivity contribution >= 4 is 35.2 Å². The molecule has 0 bridgehead atoms. The maximum absolute atomic E-state index is 13.1. The molecule has 0 spiro atoms. The fourth-order valence-corrected chi connectivity index (χ4v) is 4.07. The van der Waals surface area contributed by atoms with Crippen molar-refractivity contribution in [1.29, 1.82) is 0 Å². The van der Waals surface area contributed by atoms with Crippen LogP contribution in [0.2, 0.25) is 5.02 Å². The van der Waals surface area contributed by atoms with Gasteiger partial charge in [0.2, 0.25) is 5.96 Å². The maximum atomic E-state index is 13.1. The molecule has 1 aromatic carbocycles. The van der Waals surface area contributed by atoms with Gasteiger partial charge in [-0.25, -0.2) is 9.79 Å². The van der Waals surface area contributed by atoms with Crippen LogP contribution in [0.5, 0.6) is 0 Å². The molecule has 0 radical (unpaired) electrons. The Labute approximate surface area is 163 Å². The predicted molar refractivity (Wildman–Crippen MR) is 104 cm³/mol. The van der Waals surface area contributed by atoms with E-state index < -0.39 is 12.2 Å². The molecule has 1 saturated heterocycles. The SMILES string of the molecule is CCCN1C(=O)C2C(N=C3N(c4ccc(Cl)cc4)C(C)=C(C)N32)N(C)C1=O. The van der Waals surface area contributed by atoms with Gasteiger partial charge in [-0.15, -0.1) is 0 Å². The third kappa shape index (κ3) is 2.45. The van der Waals surface area contributed by atoms with Crippen molar-refractivity contribution in [3.8, 4) is 0 Å². The molecule has 2 unspecified atom stereocenters. The van der Waals surface area contributed by atoms with Gasteiger partial charge in [-0.05, 0) is 44.5 Å². The number of fused-ring (bicyclic) bond motifs is 3. The molecule has 3 amide bonds. The first kappa shape index (κ1) is 17.9. The van der Waals surface area contributed by atoms with Crippen LogP contribution in [0.3, 0.4) is 0 Å². The van der Waals surface area contributed by atoms with Gasteiger partial charge in [0, 0.05) is 35.7 Å². The molecule has 27 heavy (non-hydrogen) atoms. The van der Waals surface area contributed by atoms with Gasteiger partial charge in [0.1, 0.15) is 0 Å². The number of benzene rings is 1. The van der Waals surface area contributed by atoms with Crippen molar-refractivity contribution in [1.82, 2.24) is 14.7 Å². The molecule has 3 heterocycles. The highest BCUT2D eigenvalue weighted by molar-refractivity contribution is 6.30. The Kier molecular flexibility index (Phi) is 4.14. The van der Waals surface area contributed by atoms with Crippen LogP contribution in [0.1, 0.15) is 27.2 Å². The molecule has 0 N–H and O–H groups in total. The van der Waals surface area contributed by atoms with Gasteiger partial charge in [-0.2, -0.15) is 0 Å². The Morgan fingerprint density at radius 2 is 1.78 bits per heavy atom. The number of carbonyl (C=O) groups is 2. The Hall–Kier alpha value is -2.54. The molecular weight excluding hydrogens is 366 g/mol. The number of allylic oxidation sites excluding steroid dienone is 2. The van der Waals surface area contributed by atoms with Crippen LogP contribution in [0.25, 0.3) is 0 Å². The molecule has 3 aliphatic rings. The second-order valence-corrected chi connectivity index (χ2v) is 7.46. The number of halogens is 1. The predicted octanol–water partition coefficient (Wildman–Crippen LogP) is 3.08. The minimum atomic E-state index is -0.526. The number of imide groups is 1. The fraction of sp³-hybridized carbons (Fsp3) is 0.421. The quantitative estimate of drug-likeness (QED) is 0.799. The van der Waals surface area contributed by atoms with E-state index in [4.69, 9.17) is 16.6 Å². The van der Waals surface area contributed by atoms with Crippen molar-refractivity contribution in [2.45, 2.75) is 39.4 Å². The summed E-state index contributed by atoms with van der Waals surface area (Å²) in [6.45, 7) is 6.36. The lowest BCUT2D eigenvalue weighted by Crippen LogP contribution is -2.64. The van der Waals surface area contributed by atoms with E-state index in [-0.39, 0.29) is 11.9 Å². The number of urea groups is 1. The lowest BCUT2D eigenvalue weighted by molar-refractivity contribution is -0.136. The van der Waals surface area contributed by atoms with Gasteiger partial charge in [0.25, 0.3) is 5.91 Å².